The molecule has 0 spiro atoms. The SMILES string of the molecule is CCOC(=O)c1c(NC(=O)[C@@H]2[C@@H](C=C(Cl)Cl)C2(C)C)sc2c1CCC2. The topological polar surface area (TPSA) is 55.4 Å². The number of amides is 1. The molecule has 1 aromatic heterocycles. The van der Waals surface area contributed by atoms with E-state index in [1.54, 1.807) is 13.0 Å². The number of rotatable bonds is 5. The van der Waals surface area contributed by atoms with Gasteiger partial charge in [-0.15, -0.1) is 11.3 Å². The first-order valence-corrected chi connectivity index (χ1v) is 10.00. The Kier molecular flexibility index (Phi) is 5.20. The molecule has 4 nitrogen and oxygen atoms in total. The molecular formula is C18H21Cl2NO3S. The third-order valence-electron chi connectivity index (χ3n) is 5.14. The van der Waals surface area contributed by atoms with Crippen LogP contribution in [0.5, 0.6) is 0 Å². The van der Waals surface area contributed by atoms with E-state index in [0.717, 1.165) is 24.8 Å². The zero-order valence-corrected chi connectivity index (χ0v) is 16.8. The molecule has 0 radical (unpaired) electrons. The fraction of sp³-hybridized carbons (Fsp3) is 0.556. The molecule has 1 saturated carbocycles. The van der Waals surface area contributed by atoms with Gasteiger partial charge < -0.3 is 10.1 Å². The smallest absolute Gasteiger partial charge is 0.341 e. The second-order valence-corrected chi connectivity index (χ2v) is 9.17. The van der Waals surface area contributed by atoms with Crippen molar-refractivity contribution >= 4 is 51.4 Å². The van der Waals surface area contributed by atoms with E-state index >= 15 is 0 Å². The highest BCUT2D eigenvalue weighted by atomic mass is 35.5. The van der Waals surface area contributed by atoms with Crippen molar-refractivity contribution in [1.29, 1.82) is 0 Å². The first-order valence-electron chi connectivity index (χ1n) is 8.42. The molecule has 3 rings (SSSR count). The molecule has 0 saturated heterocycles. The zero-order chi connectivity index (χ0) is 18.4. The Morgan fingerprint density at radius 3 is 2.72 bits per heavy atom. The predicted molar refractivity (Wildman–Crippen MR) is 101 cm³/mol. The molecule has 2 atom stereocenters. The lowest BCUT2D eigenvalue weighted by molar-refractivity contribution is -0.118. The predicted octanol–water partition coefficient (Wildman–Crippen LogP) is 4.94. The number of esters is 1. The largest absolute Gasteiger partial charge is 0.462 e. The third kappa shape index (κ3) is 3.46. The molecule has 7 heteroatoms. The van der Waals surface area contributed by atoms with E-state index in [1.807, 2.05) is 13.8 Å². The standard InChI is InChI=1S/C18H21Cl2NO3S/c1-4-24-17(23)13-9-6-5-7-11(9)25-16(13)21-15(22)14-10(8-12(19)20)18(14,2)3/h8,10,14H,4-7H2,1-3H3,(H,21,22)/t10-,14+/m1/s1. The van der Waals surface area contributed by atoms with Gasteiger partial charge in [0.1, 0.15) is 9.49 Å². The van der Waals surface area contributed by atoms with Gasteiger partial charge in [0.15, 0.2) is 0 Å². The summed E-state index contributed by atoms with van der Waals surface area (Å²) in [6.07, 6.45) is 4.56. The molecule has 25 heavy (non-hydrogen) atoms. The van der Waals surface area contributed by atoms with E-state index in [4.69, 9.17) is 27.9 Å². The van der Waals surface area contributed by atoms with Crippen LogP contribution in [-0.2, 0) is 22.4 Å². The van der Waals surface area contributed by atoms with E-state index in [-0.39, 0.29) is 33.6 Å². The molecule has 0 bridgehead atoms. The maximum atomic E-state index is 12.8. The summed E-state index contributed by atoms with van der Waals surface area (Å²) in [6, 6.07) is 0. The Hall–Kier alpha value is -1.04. The van der Waals surface area contributed by atoms with Crippen molar-refractivity contribution < 1.29 is 14.3 Å². The van der Waals surface area contributed by atoms with Gasteiger partial charge in [-0.1, -0.05) is 37.0 Å². The quantitative estimate of drug-likeness (QED) is 0.710. The Morgan fingerprint density at radius 2 is 2.08 bits per heavy atom. The minimum atomic E-state index is -0.354. The van der Waals surface area contributed by atoms with Crippen molar-refractivity contribution in [3.05, 3.63) is 26.6 Å². The van der Waals surface area contributed by atoms with Crippen LogP contribution >= 0.6 is 34.5 Å². The number of aryl methyl sites for hydroxylation is 1. The molecule has 1 aromatic rings. The number of anilines is 1. The molecular weight excluding hydrogens is 381 g/mol. The number of ether oxygens (including phenoxy) is 1. The molecule has 1 fully saturated rings. The summed E-state index contributed by atoms with van der Waals surface area (Å²) >= 11 is 13.0. The van der Waals surface area contributed by atoms with Crippen LogP contribution in [0.4, 0.5) is 5.00 Å². The van der Waals surface area contributed by atoms with Crippen LogP contribution in [0.3, 0.4) is 0 Å². The molecule has 2 aliphatic carbocycles. The number of thiophene rings is 1. The summed E-state index contributed by atoms with van der Waals surface area (Å²) in [4.78, 5) is 26.3. The lowest BCUT2D eigenvalue weighted by Gasteiger charge is -2.08. The van der Waals surface area contributed by atoms with Crippen LogP contribution in [-0.4, -0.2) is 18.5 Å². The molecule has 0 unspecified atom stereocenters. The average molecular weight is 402 g/mol. The fourth-order valence-electron chi connectivity index (χ4n) is 3.73. The Morgan fingerprint density at radius 1 is 1.36 bits per heavy atom. The van der Waals surface area contributed by atoms with Gasteiger partial charge >= 0.3 is 5.97 Å². The van der Waals surface area contributed by atoms with Crippen molar-refractivity contribution in [2.75, 3.05) is 11.9 Å². The van der Waals surface area contributed by atoms with Crippen molar-refractivity contribution in [3.63, 3.8) is 0 Å². The molecule has 1 amide bonds. The monoisotopic (exact) mass is 401 g/mol. The lowest BCUT2D eigenvalue weighted by atomic mass is 10.1. The summed E-state index contributed by atoms with van der Waals surface area (Å²) in [6.45, 7) is 6.11. The number of allylic oxidation sites excluding steroid dienone is 1. The number of nitrogens with one attached hydrogen (secondary N) is 1. The molecule has 0 aliphatic heterocycles. The van der Waals surface area contributed by atoms with Crippen molar-refractivity contribution in [3.8, 4) is 0 Å². The van der Waals surface area contributed by atoms with Gasteiger partial charge in [0.25, 0.3) is 0 Å². The first kappa shape index (κ1) is 18.7. The van der Waals surface area contributed by atoms with Gasteiger partial charge in [-0.2, -0.15) is 0 Å². The number of hydrogen-bond acceptors (Lipinski definition) is 4. The van der Waals surface area contributed by atoms with Gasteiger partial charge in [-0.05, 0) is 49.2 Å². The zero-order valence-electron chi connectivity index (χ0n) is 14.4. The average Bonchev–Trinajstić information content (AvgIpc) is 2.82. The van der Waals surface area contributed by atoms with Crippen molar-refractivity contribution in [2.45, 2.75) is 40.0 Å². The maximum Gasteiger partial charge on any atom is 0.341 e. The highest BCUT2D eigenvalue weighted by Gasteiger charge is 2.60. The fourth-order valence-corrected chi connectivity index (χ4v) is 5.28. The minimum absolute atomic E-state index is 0.00430. The van der Waals surface area contributed by atoms with E-state index in [2.05, 4.69) is 5.32 Å². The second kappa shape index (κ2) is 6.93. The summed E-state index contributed by atoms with van der Waals surface area (Å²) in [5, 5.41) is 3.57. The Balaban J connectivity index is 1.83. The van der Waals surface area contributed by atoms with E-state index < -0.39 is 0 Å². The number of halogens is 2. The number of fused-ring (bicyclic) bond motifs is 1. The van der Waals surface area contributed by atoms with Crippen LogP contribution < -0.4 is 5.32 Å². The van der Waals surface area contributed by atoms with Crippen LogP contribution in [0.15, 0.2) is 10.6 Å². The second-order valence-electron chi connectivity index (χ2n) is 7.05. The summed E-state index contributed by atoms with van der Waals surface area (Å²) in [5.41, 5.74) is 1.37. The minimum Gasteiger partial charge on any atom is -0.462 e. The van der Waals surface area contributed by atoms with Crippen LogP contribution in [0.2, 0.25) is 0 Å². The van der Waals surface area contributed by atoms with Crippen LogP contribution in [0.25, 0.3) is 0 Å². The highest BCUT2D eigenvalue weighted by molar-refractivity contribution is 7.17. The van der Waals surface area contributed by atoms with Crippen molar-refractivity contribution in [1.82, 2.24) is 0 Å². The van der Waals surface area contributed by atoms with E-state index in [0.29, 0.717) is 17.2 Å². The van der Waals surface area contributed by atoms with Gasteiger partial charge in [-0.3, -0.25) is 4.79 Å². The number of carbonyl (C=O) groups is 2. The van der Waals surface area contributed by atoms with Crippen LogP contribution in [0.1, 0.15) is 48.0 Å². The van der Waals surface area contributed by atoms with Gasteiger partial charge in [-0.25, -0.2) is 4.79 Å². The summed E-state index contributed by atoms with van der Waals surface area (Å²) < 4.78 is 5.37. The summed E-state index contributed by atoms with van der Waals surface area (Å²) in [5.74, 6) is -0.679. The Labute approximate surface area is 161 Å². The molecule has 1 N–H and O–H groups in total. The normalized spacial score (nSPS) is 22.9. The van der Waals surface area contributed by atoms with Gasteiger partial charge in [0.2, 0.25) is 5.91 Å². The third-order valence-corrected chi connectivity index (χ3v) is 6.60. The van der Waals surface area contributed by atoms with Gasteiger partial charge in [0.05, 0.1) is 18.1 Å². The van der Waals surface area contributed by atoms with Crippen molar-refractivity contribution in [2.24, 2.45) is 17.3 Å². The molecule has 136 valence electrons. The molecule has 1 heterocycles. The van der Waals surface area contributed by atoms with E-state index in [9.17, 15) is 9.59 Å². The highest BCUT2D eigenvalue weighted by Crippen LogP contribution is 2.60. The van der Waals surface area contributed by atoms with Crippen LogP contribution in [0, 0.1) is 17.3 Å². The summed E-state index contributed by atoms with van der Waals surface area (Å²) in [7, 11) is 0. The Bertz CT molecular complexity index is 750. The molecule has 2 aliphatic rings. The maximum absolute atomic E-state index is 12.8. The van der Waals surface area contributed by atoms with Gasteiger partial charge in [0, 0.05) is 4.88 Å². The van der Waals surface area contributed by atoms with E-state index in [1.165, 1.54) is 16.2 Å². The lowest BCUT2D eigenvalue weighted by Crippen LogP contribution is -2.18. The molecule has 0 aromatic carbocycles. The first-order chi connectivity index (χ1) is 11.8. The number of hydrogen-bond donors (Lipinski definition) is 1. The number of carbonyl (C=O) groups excluding carboxylic acids is 2.